The molecule has 0 spiro atoms. The molecule has 0 aliphatic heterocycles. The van der Waals surface area contributed by atoms with E-state index in [9.17, 15) is 9.59 Å². The van der Waals surface area contributed by atoms with Crippen molar-refractivity contribution in [2.24, 2.45) is 0 Å². The average Bonchev–Trinajstić information content (AvgIpc) is 2.16. The minimum Gasteiger partial charge on any atom is -0.478 e. The third-order valence-corrected chi connectivity index (χ3v) is 1.63. The van der Waals surface area contributed by atoms with Gasteiger partial charge in [0.05, 0.1) is 6.61 Å². The number of carbonyl (C=O) groups excluding carboxylic acids is 1. The Labute approximate surface area is 83.0 Å². The van der Waals surface area contributed by atoms with Gasteiger partial charge in [-0.2, -0.15) is 0 Å². The first kappa shape index (κ1) is 12.6. The molecule has 0 saturated heterocycles. The van der Waals surface area contributed by atoms with E-state index in [1.807, 2.05) is 6.92 Å². The third kappa shape index (κ3) is 5.31. The fourth-order valence-electron chi connectivity index (χ4n) is 0.874. The summed E-state index contributed by atoms with van der Waals surface area (Å²) in [5, 5.41) is 8.31. The molecule has 0 aromatic carbocycles. The van der Waals surface area contributed by atoms with Gasteiger partial charge in [-0.15, -0.1) is 0 Å². The van der Waals surface area contributed by atoms with Crippen LogP contribution in [0.4, 0.5) is 0 Å². The van der Waals surface area contributed by atoms with Crippen molar-refractivity contribution in [1.82, 2.24) is 4.90 Å². The van der Waals surface area contributed by atoms with E-state index in [-0.39, 0.29) is 5.91 Å². The number of methoxy groups -OCH3 is 1. The Hall–Kier alpha value is -1.36. The van der Waals surface area contributed by atoms with Crippen LogP contribution >= 0.6 is 0 Å². The van der Waals surface area contributed by atoms with E-state index in [2.05, 4.69) is 0 Å². The second-order valence-electron chi connectivity index (χ2n) is 2.58. The number of amides is 1. The molecule has 1 N–H and O–H groups in total. The fraction of sp³-hybridized carbons (Fsp3) is 0.556. The zero-order valence-electron chi connectivity index (χ0n) is 8.40. The minimum atomic E-state index is -1.12. The van der Waals surface area contributed by atoms with Gasteiger partial charge in [0.15, 0.2) is 0 Å². The monoisotopic (exact) mass is 201 g/mol. The molecule has 0 rings (SSSR count). The number of carboxylic acids is 1. The largest absolute Gasteiger partial charge is 0.478 e. The van der Waals surface area contributed by atoms with Crippen LogP contribution in [0.5, 0.6) is 0 Å². The van der Waals surface area contributed by atoms with Gasteiger partial charge in [0, 0.05) is 32.4 Å². The second kappa shape index (κ2) is 7.08. The molecule has 5 nitrogen and oxygen atoms in total. The van der Waals surface area contributed by atoms with E-state index >= 15 is 0 Å². The number of likely N-dealkylation sites (N-methyl/N-ethyl adjacent to an activating group) is 1. The molecule has 0 unspecified atom stereocenters. The Bertz CT molecular complexity index is 225. The highest BCUT2D eigenvalue weighted by atomic mass is 16.5. The van der Waals surface area contributed by atoms with Gasteiger partial charge in [-0.1, -0.05) is 0 Å². The molecular weight excluding hydrogens is 186 g/mol. The first-order valence-corrected chi connectivity index (χ1v) is 4.30. The number of nitrogens with zero attached hydrogens (tertiary/aromatic N) is 1. The topological polar surface area (TPSA) is 66.8 Å². The van der Waals surface area contributed by atoms with Gasteiger partial charge < -0.3 is 14.7 Å². The van der Waals surface area contributed by atoms with Gasteiger partial charge in [0.1, 0.15) is 0 Å². The Morgan fingerprint density at radius 3 is 2.50 bits per heavy atom. The molecule has 0 heterocycles. The molecule has 14 heavy (non-hydrogen) atoms. The molecule has 0 aromatic rings. The predicted molar refractivity (Wildman–Crippen MR) is 50.9 cm³/mol. The summed E-state index contributed by atoms with van der Waals surface area (Å²) in [6.45, 7) is 3.27. The van der Waals surface area contributed by atoms with E-state index in [1.165, 1.54) is 4.90 Å². The van der Waals surface area contributed by atoms with E-state index in [0.29, 0.717) is 19.7 Å². The summed E-state index contributed by atoms with van der Waals surface area (Å²) in [6.07, 6.45) is 1.87. The number of carboxylic acid groups (broad SMARTS) is 1. The quantitative estimate of drug-likeness (QED) is 0.620. The van der Waals surface area contributed by atoms with E-state index < -0.39 is 5.97 Å². The van der Waals surface area contributed by atoms with Crippen molar-refractivity contribution in [2.75, 3.05) is 26.8 Å². The van der Waals surface area contributed by atoms with Crippen molar-refractivity contribution in [3.63, 3.8) is 0 Å². The lowest BCUT2D eigenvalue weighted by Crippen LogP contribution is -2.32. The smallest absolute Gasteiger partial charge is 0.328 e. The number of ether oxygens (including phenoxy) is 1. The maximum Gasteiger partial charge on any atom is 0.328 e. The predicted octanol–water partition coefficient (Wildman–Crippen LogP) is 0.122. The number of carbonyl (C=O) groups is 2. The molecule has 1 amide bonds. The molecule has 0 aromatic heterocycles. The van der Waals surface area contributed by atoms with Crippen LogP contribution in [0.25, 0.3) is 0 Å². The van der Waals surface area contributed by atoms with Gasteiger partial charge in [-0.3, -0.25) is 4.79 Å². The summed E-state index contributed by atoms with van der Waals surface area (Å²) in [6, 6.07) is 0. The molecule has 0 aliphatic rings. The van der Waals surface area contributed by atoms with Gasteiger partial charge in [0.25, 0.3) is 0 Å². The number of hydrogen-bond donors (Lipinski definition) is 1. The van der Waals surface area contributed by atoms with Crippen molar-refractivity contribution in [3.8, 4) is 0 Å². The van der Waals surface area contributed by atoms with Crippen molar-refractivity contribution < 1.29 is 19.4 Å². The highest BCUT2D eigenvalue weighted by molar-refractivity contribution is 5.93. The van der Waals surface area contributed by atoms with Crippen molar-refractivity contribution in [1.29, 1.82) is 0 Å². The number of hydrogen-bond acceptors (Lipinski definition) is 3. The maximum atomic E-state index is 11.3. The molecule has 0 radical (unpaired) electrons. The molecule has 0 bridgehead atoms. The third-order valence-electron chi connectivity index (χ3n) is 1.63. The Morgan fingerprint density at radius 1 is 1.43 bits per heavy atom. The second-order valence-corrected chi connectivity index (χ2v) is 2.58. The number of aliphatic carboxylic acids is 1. The zero-order valence-corrected chi connectivity index (χ0v) is 8.40. The van der Waals surface area contributed by atoms with Crippen molar-refractivity contribution in [2.45, 2.75) is 6.92 Å². The van der Waals surface area contributed by atoms with E-state index in [0.717, 1.165) is 12.2 Å². The highest BCUT2D eigenvalue weighted by Crippen LogP contribution is 1.91. The Balaban J connectivity index is 4.10. The lowest BCUT2D eigenvalue weighted by molar-refractivity contribution is -0.132. The molecular formula is C9H15NO4. The van der Waals surface area contributed by atoms with Crippen LogP contribution in [-0.4, -0.2) is 48.7 Å². The minimum absolute atomic E-state index is 0.313. The normalized spacial score (nSPS) is 10.4. The SMILES string of the molecule is CCN(CCOC)C(=O)/C=C/C(=O)O. The molecule has 0 aliphatic carbocycles. The van der Waals surface area contributed by atoms with Gasteiger partial charge in [0.2, 0.25) is 5.91 Å². The van der Waals surface area contributed by atoms with Gasteiger partial charge in [-0.25, -0.2) is 4.79 Å². The zero-order chi connectivity index (χ0) is 11.0. The summed E-state index contributed by atoms with van der Waals surface area (Å²) in [5.41, 5.74) is 0. The molecule has 0 fully saturated rings. The molecule has 5 heteroatoms. The van der Waals surface area contributed by atoms with Crippen LogP contribution in [0, 0.1) is 0 Å². The van der Waals surface area contributed by atoms with Crippen LogP contribution in [0.15, 0.2) is 12.2 Å². The fourth-order valence-corrected chi connectivity index (χ4v) is 0.874. The standard InChI is InChI=1S/C9H15NO4/c1-3-10(6-7-14-2)8(11)4-5-9(12)13/h4-5H,3,6-7H2,1-2H3,(H,12,13)/b5-4+. The van der Waals surface area contributed by atoms with Crippen LogP contribution < -0.4 is 0 Å². The number of rotatable bonds is 6. The lowest BCUT2D eigenvalue weighted by atomic mass is 10.4. The highest BCUT2D eigenvalue weighted by Gasteiger charge is 2.07. The van der Waals surface area contributed by atoms with Crippen LogP contribution in [-0.2, 0) is 14.3 Å². The molecule has 0 saturated carbocycles. The van der Waals surface area contributed by atoms with Crippen molar-refractivity contribution in [3.05, 3.63) is 12.2 Å². The lowest BCUT2D eigenvalue weighted by Gasteiger charge is -2.18. The summed E-state index contributed by atoms with van der Waals surface area (Å²) in [7, 11) is 1.55. The average molecular weight is 201 g/mol. The molecule has 0 atom stereocenters. The summed E-state index contributed by atoms with van der Waals surface area (Å²) < 4.78 is 4.82. The van der Waals surface area contributed by atoms with Crippen LogP contribution in [0.3, 0.4) is 0 Å². The van der Waals surface area contributed by atoms with Gasteiger partial charge >= 0.3 is 5.97 Å². The van der Waals surface area contributed by atoms with E-state index in [1.54, 1.807) is 7.11 Å². The van der Waals surface area contributed by atoms with Gasteiger partial charge in [-0.05, 0) is 6.92 Å². The summed E-state index contributed by atoms with van der Waals surface area (Å²) in [4.78, 5) is 23.0. The van der Waals surface area contributed by atoms with Crippen LogP contribution in [0.1, 0.15) is 6.92 Å². The Kier molecular flexibility index (Phi) is 6.39. The first-order chi connectivity index (χ1) is 6.61. The van der Waals surface area contributed by atoms with Crippen LogP contribution in [0.2, 0.25) is 0 Å². The Morgan fingerprint density at radius 2 is 2.07 bits per heavy atom. The summed E-state index contributed by atoms with van der Waals surface area (Å²) in [5.74, 6) is -1.44. The van der Waals surface area contributed by atoms with Crippen molar-refractivity contribution >= 4 is 11.9 Å². The summed E-state index contributed by atoms with van der Waals surface area (Å²) >= 11 is 0. The van der Waals surface area contributed by atoms with E-state index in [4.69, 9.17) is 9.84 Å². The molecule has 80 valence electrons. The first-order valence-electron chi connectivity index (χ1n) is 4.30. The maximum absolute atomic E-state index is 11.3.